The number of benzene rings is 1. The summed E-state index contributed by atoms with van der Waals surface area (Å²) in [7, 11) is 1.38. The fourth-order valence-corrected chi connectivity index (χ4v) is 2.02. The number of pyridine rings is 1. The van der Waals surface area contributed by atoms with Crippen molar-refractivity contribution in [2.24, 2.45) is 0 Å². The average molecular weight is 335 g/mol. The van der Waals surface area contributed by atoms with E-state index in [0.717, 1.165) is 10.9 Å². The summed E-state index contributed by atoms with van der Waals surface area (Å²) < 4.78 is 13.8. The van der Waals surface area contributed by atoms with Crippen LogP contribution in [0.2, 0.25) is 0 Å². The van der Waals surface area contributed by atoms with E-state index in [1.807, 2.05) is 0 Å². The van der Waals surface area contributed by atoms with Gasteiger partial charge < -0.3 is 21.0 Å². The zero-order valence-corrected chi connectivity index (χ0v) is 12.5. The number of aromatic nitrogens is 1. The molecule has 0 unspecified atom stereocenters. The third-order valence-corrected chi connectivity index (χ3v) is 3.24. The number of rotatable bonds is 5. The van der Waals surface area contributed by atoms with E-state index in [2.05, 4.69) is 10.7 Å². The normalized spacial score (nSPS) is 10.2. The Balaban J connectivity index is 2.31. The monoisotopic (exact) mass is 335 g/mol. The minimum atomic E-state index is -1.53. The van der Waals surface area contributed by atoms with Gasteiger partial charge in [-0.1, -0.05) is 12.1 Å². The molecule has 4 N–H and O–H groups in total. The Hall–Kier alpha value is -3.36. The molecule has 0 bridgehead atoms. The molecule has 0 aliphatic rings. The lowest BCUT2D eigenvalue weighted by Crippen LogP contribution is -2.32. The number of hydrogen-bond donors (Lipinski definition) is 4. The average Bonchev–Trinajstić information content (AvgIpc) is 2.55. The van der Waals surface area contributed by atoms with Gasteiger partial charge >= 0.3 is 5.97 Å². The van der Waals surface area contributed by atoms with Crippen LogP contribution in [0, 0.1) is 5.82 Å². The highest BCUT2D eigenvalue weighted by molar-refractivity contribution is 5.96. The molecule has 0 radical (unpaired) electrons. The van der Waals surface area contributed by atoms with Gasteiger partial charge in [0.05, 0.1) is 0 Å². The molecule has 8 nitrogen and oxygen atoms in total. The van der Waals surface area contributed by atoms with Gasteiger partial charge in [0.1, 0.15) is 11.4 Å². The number of aromatic hydroxyl groups is 1. The molecular weight excluding hydrogens is 321 g/mol. The molecule has 24 heavy (non-hydrogen) atoms. The van der Waals surface area contributed by atoms with Crippen LogP contribution in [0.5, 0.6) is 5.75 Å². The predicted octanol–water partition coefficient (Wildman–Crippen LogP) is 0.495. The number of nitrogens with zero attached hydrogens (tertiary/aromatic N) is 1. The van der Waals surface area contributed by atoms with Crippen LogP contribution in [0.3, 0.4) is 0 Å². The minimum Gasteiger partial charge on any atom is -0.502 e. The van der Waals surface area contributed by atoms with Crippen LogP contribution < -0.4 is 16.2 Å². The van der Waals surface area contributed by atoms with Crippen LogP contribution in [0.4, 0.5) is 4.39 Å². The van der Waals surface area contributed by atoms with Crippen molar-refractivity contribution in [1.82, 2.24) is 9.99 Å². The first-order valence-corrected chi connectivity index (χ1v) is 6.77. The molecule has 0 aliphatic carbocycles. The van der Waals surface area contributed by atoms with Gasteiger partial charge in [0, 0.05) is 19.8 Å². The molecule has 126 valence electrons. The second-order valence-corrected chi connectivity index (χ2v) is 4.78. The predicted molar refractivity (Wildman–Crippen MR) is 82.2 cm³/mol. The topological polar surface area (TPSA) is 121 Å². The van der Waals surface area contributed by atoms with E-state index in [1.54, 1.807) is 0 Å². The lowest BCUT2D eigenvalue weighted by Gasteiger charge is -2.15. The molecule has 1 aromatic carbocycles. The maximum atomic E-state index is 12.8. The first-order chi connectivity index (χ1) is 11.3. The lowest BCUT2D eigenvalue weighted by atomic mass is 10.2. The highest BCUT2D eigenvalue weighted by atomic mass is 19.1. The number of carbonyl (C=O) groups is 2. The molecule has 0 fully saturated rings. The highest BCUT2D eigenvalue weighted by Gasteiger charge is 2.23. The van der Waals surface area contributed by atoms with E-state index in [9.17, 15) is 23.9 Å². The maximum Gasteiger partial charge on any atom is 0.341 e. The standard InChI is InChI=1S/C15H14FN3O5/c1-17-19-7-10(15(23)24)12(20)13(21)11(19)14(22)18-6-8-2-4-9(16)5-3-8/h2-5,7,17,21H,6H2,1H3,(H,18,22)(H,23,24). The zero-order valence-electron chi connectivity index (χ0n) is 12.5. The summed E-state index contributed by atoms with van der Waals surface area (Å²) in [5, 5.41) is 21.3. The summed E-state index contributed by atoms with van der Waals surface area (Å²) in [4.78, 5) is 35.0. The Morgan fingerprint density at radius 1 is 1.25 bits per heavy atom. The Bertz CT molecular complexity index is 845. The van der Waals surface area contributed by atoms with Gasteiger partial charge in [-0.05, 0) is 17.7 Å². The SMILES string of the molecule is CNn1cc(C(=O)O)c(=O)c(O)c1C(=O)NCc1ccc(F)cc1. The Morgan fingerprint density at radius 3 is 2.42 bits per heavy atom. The Morgan fingerprint density at radius 2 is 1.88 bits per heavy atom. The number of halogens is 1. The van der Waals surface area contributed by atoms with Crippen LogP contribution >= 0.6 is 0 Å². The maximum absolute atomic E-state index is 12.8. The molecule has 0 atom stereocenters. The Kier molecular flexibility index (Phi) is 4.83. The molecule has 1 amide bonds. The summed E-state index contributed by atoms with van der Waals surface area (Å²) >= 11 is 0. The fourth-order valence-electron chi connectivity index (χ4n) is 2.02. The number of carboxylic acid groups (broad SMARTS) is 1. The fraction of sp³-hybridized carbons (Fsp3) is 0.133. The number of carboxylic acids is 1. The van der Waals surface area contributed by atoms with Crippen molar-refractivity contribution in [1.29, 1.82) is 0 Å². The van der Waals surface area contributed by atoms with E-state index in [4.69, 9.17) is 5.11 Å². The van der Waals surface area contributed by atoms with Crippen molar-refractivity contribution < 1.29 is 24.2 Å². The number of aromatic carboxylic acids is 1. The van der Waals surface area contributed by atoms with E-state index in [-0.39, 0.29) is 6.54 Å². The molecule has 0 saturated heterocycles. The highest BCUT2D eigenvalue weighted by Crippen LogP contribution is 2.13. The first kappa shape index (κ1) is 17.0. The molecule has 2 aromatic rings. The van der Waals surface area contributed by atoms with E-state index in [1.165, 1.54) is 31.3 Å². The summed E-state index contributed by atoms with van der Waals surface area (Å²) in [6, 6.07) is 5.39. The number of amides is 1. The van der Waals surface area contributed by atoms with Gasteiger partial charge in [-0.15, -0.1) is 0 Å². The summed E-state index contributed by atoms with van der Waals surface area (Å²) in [5.41, 5.74) is 0.806. The van der Waals surface area contributed by atoms with E-state index >= 15 is 0 Å². The van der Waals surface area contributed by atoms with Gasteiger partial charge in [-0.25, -0.2) is 9.18 Å². The Labute approximate surface area is 135 Å². The molecule has 2 rings (SSSR count). The van der Waals surface area contributed by atoms with Crippen LogP contribution in [0.1, 0.15) is 26.4 Å². The van der Waals surface area contributed by atoms with Crippen molar-refractivity contribution in [2.45, 2.75) is 6.54 Å². The van der Waals surface area contributed by atoms with Crippen LogP contribution in [0.15, 0.2) is 35.3 Å². The summed E-state index contributed by atoms with van der Waals surface area (Å²) in [5.74, 6) is -3.74. The number of carbonyl (C=O) groups excluding carboxylic acids is 1. The first-order valence-electron chi connectivity index (χ1n) is 6.77. The van der Waals surface area contributed by atoms with Crippen molar-refractivity contribution in [3.05, 3.63) is 63.3 Å². The number of nitrogens with one attached hydrogen (secondary N) is 2. The molecule has 0 saturated carbocycles. The van der Waals surface area contributed by atoms with Crippen molar-refractivity contribution >= 4 is 11.9 Å². The molecule has 0 spiro atoms. The molecule has 0 aliphatic heterocycles. The number of hydrogen-bond acceptors (Lipinski definition) is 5. The third kappa shape index (κ3) is 3.35. The lowest BCUT2D eigenvalue weighted by molar-refractivity contribution is 0.0692. The van der Waals surface area contributed by atoms with Gasteiger partial charge in [0.2, 0.25) is 5.43 Å². The van der Waals surface area contributed by atoms with Crippen LogP contribution in [0.25, 0.3) is 0 Å². The van der Waals surface area contributed by atoms with Gasteiger partial charge in [0.15, 0.2) is 11.4 Å². The van der Waals surface area contributed by atoms with Gasteiger partial charge in [-0.2, -0.15) is 0 Å². The summed E-state index contributed by atoms with van der Waals surface area (Å²) in [6.45, 7) is 0.0249. The van der Waals surface area contributed by atoms with Crippen molar-refractivity contribution in [3.8, 4) is 5.75 Å². The van der Waals surface area contributed by atoms with Crippen LogP contribution in [-0.4, -0.2) is 33.8 Å². The van der Waals surface area contributed by atoms with Crippen LogP contribution in [-0.2, 0) is 6.54 Å². The van der Waals surface area contributed by atoms with Crippen molar-refractivity contribution in [3.63, 3.8) is 0 Å². The third-order valence-electron chi connectivity index (χ3n) is 3.24. The van der Waals surface area contributed by atoms with E-state index < -0.39 is 40.1 Å². The van der Waals surface area contributed by atoms with E-state index in [0.29, 0.717) is 5.56 Å². The summed E-state index contributed by atoms with van der Waals surface area (Å²) in [6.07, 6.45) is 0.900. The smallest absolute Gasteiger partial charge is 0.341 e. The zero-order chi connectivity index (χ0) is 17.9. The van der Waals surface area contributed by atoms with Gasteiger partial charge in [0.25, 0.3) is 5.91 Å². The minimum absolute atomic E-state index is 0.0249. The largest absolute Gasteiger partial charge is 0.502 e. The second-order valence-electron chi connectivity index (χ2n) is 4.78. The van der Waals surface area contributed by atoms with Gasteiger partial charge in [-0.3, -0.25) is 14.3 Å². The molecule has 1 heterocycles. The quantitative estimate of drug-likeness (QED) is 0.631. The molecule has 9 heteroatoms. The second kappa shape index (κ2) is 6.82. The molecule has 1 aromatic heterocycles. The van der Waals surface area contributed by atoms with Crippen molar-refractivity contribution in [2.75, 3.05) is 12.5 Å². The molecular formula is C15H14FN3O5.